The van der Waals surface area contributed by atoms with Crippen molar-refractivity contribution < 1.29 is 14.6 Å². The first-order valence-electron chi connectivity index (χ1n) is 5.89. The lowest BCUT2D eigenvalue weighted by molar-refractivity contribution is -0.106. The smallest absolute Gasteiger partial charge is 0.199 e. The maximum Gasteiger partial charge on any atom is 0.199 e. The van der Waals surface area contributed by atoms with Crippen LogP contribution < -0.4 is 4.74 Å². The van der Waals surface area contributed by atoms with Crippen molar-refractivity contribution in [3.63, 3.8) is 0 Å². The fourth-order valence-electron chi connectivity index (χ4n) is 1.98. The van der Waals surface area contributed by atoms with Gasteiger partial charge < -0.3 is 14.6 Å². The zero-order valence-electron chi connectivity index (χ0n) is 9.91. The number of rotatable bonds is 3. The number of aryl methyl sites for hydroxylation is 1. The summed E-state index contributed by atoms with van der Waals surface area (Å²) in [7, 11) is 0. The van der Waals surface area contributed by atoms with Crippen molar-refractivity contribution in [2.45, 2.75) is 39.1 Å². The molecule has 1 aliphatic rings. The third kappa shape index (κ3) is 3.33. The Morgan fingerprint density at radius 1 is 1.47 bits per heavy atom. The van der Waals surface area contributed by atoms with E-state index in [0.29, 0.717) is 0 Å². The van der Waals surface area contributed by atoms with Crippen LogP contribution in [0.25, 0.3) is 0 Å². The first kappa shape index (κ1) is 13.1. The first-order chi connectivity index (χ1) is 8.20. The van der Waals surface area contributed by atoms with Gasteiger partial charge in [0.2, 0.25) is 0 Å². The largest absolute Gasteiger partial charge is 0.464 e. The van der Waals surface area contributed by atoms with Gasteiger partial charge in [0.15, 0.2) is 6.29 Å². The maximum absolute atomic E-state index is 9.13. The molecular weight excluding hydrogens is 331 g/mol. The maximum atomic E-state index is 9.13. The van der Waals surface area contributed by atoms with Gasteiger partial charge in [-0.3, -0.25) is 0 Å². The lowest BCUT2D eigenvalue weighted by atomic mass is 10.1. The predicted octanol–water partition coefficient (Wildman–Crippen LogP) is 3.00. The summed E-state index contributed by atoms with van der Waals surface area (Å²) in [5.41, 5.74) is 1.97. The molecule has 3 nitrogen and oxygen atoms in total. The molecule has 1 atom stereocenters. The summed E-state index contributed by atoms with van der Waals surface area (Å²) in [6.07, 6.45) is 3.13. The predicted molar refractivity (Wildman–Crippen MR) is 74.0 cm³/mol. The second-order valence-electron chi connectivity index (χ2n) is 4.30. The molecule has 0 radical (unpaired) electrons. The van der Waals surface area contributed by atoms with E-state index in [4.69, 9.17) is 14.6 Å². The molecule has 1 saturated heterocycles. The number of aliphatic hydroxyl groups is 1. The van der Waals surface area contributed by atoms with Gasteiger partial charge in [0.05, 0.1) is 16.8 Å². The molecule has 94 valence electrons. The SMILES string of the molecule is Cc1cc(CO)cc(I)c1OC1CCCCO1. The van der Waals surface area contributed by atoms with Crippen LogP contribution in [0.4, 0.5) is 0 Å². The summed E-state index contributed by atoms with van der Waals surface area (Å²) < 4.78 is 12.5. The van der Waals surface area contributed by atoms with Crippen LogP contribution in [0.1, 0.15) is 30.4 Å². The summed E-state index contributed by atoms with van der Waals surface area (Å²) in [5.74, 6) is 0.884. The van der Waals surface area contributed by atoms with Gasteiger partial charge in [0.25, 0.3) is 0 Å². The van der Waals surface area contributed by atoms with E-state index in [2.05, 4.69) is 22.6 Å². The van der Waals surface area contributed by atoms with Crippen LogP contribution in [-0.2, 0) is 11.3 Å². The average molecular weight is 348 g/mol. The van der Waals surface area contributed by atoms with Crippen molar-refractivity contribution in [3.05, 3.63) is 26.8 Å². The van der Waals surface area contributed by atoms with E-state index >= 15 is 0 Å². The lowest BCUT2D eigenvalue weighted by Gasteiger charge is -2.25. The van der Waals surface area contributed by atoms with Gasteiger partial charge in [-0.15, -0.1) is 0 Å². The van der Waals surface area contributed by atoms with Crippen molar-refractivity contribution in [1.29, 1.82) is 0 Å². The van der Waals surface area contributed by atoms with Gasteiger partial charge in [-0.05, 0) is 59.5 Å². The van der Waals surface area contributed by atoms with Gasteiger partial charge in [0, 0.05) is 6.42 Å². The van der Waals surface area contributed by atoms with Crippen LogP contribution in [0, 0.1) is 10.5 Å². The molecule has 0 aromatic heterocycles. The van der Waals surface area contributed by atoms with E-state index < -0.39 is 0 Å². The first-order valence-corrected chi connectivity index (χ1v) is 6.96. The number of benzene rings is 1. The number of ether oxygens (including phenoxy) is 2. The van der Waals surface area contributed by atoms with E-state index in [0.717, 1.165) is 46.3 Å². The highest BCUT2D eigenvalue weighted by Crippen LogP contribution is 2.29. The van der Waals surface area contributed by atoms with E-state index in [-0.39, 0.29) is 12.9 Å². The zero-order chi connectivity index (χ0) is 12.3. The van der Waals surface area contributed by atoms with Crippen LogP contribution in [0.15, 0.2) is 12.1 Å². The minimum absolute atomic E-state index is 0.0665. The van der Waals surface area contributed by atoms with Crippen molar-refractivity contribution in [1.82, 2.24) is 0 Å². The van der Waals surface area contributed by atoms with Gasteiger partial charge in [-0.2, -0.15) is 0 Å². The number of hydrogen-bond donors (Lipinski definition) is 1. The normalized spacial score (nSPS) is 20.3. The van der Waals surface area contributed by atoms with Crippen LogP contribution in [0.5, 0.6) is 5.75 Å². The molecule has 0 aliphatic carbocycles. The lowest BCUT2D eigenvalue weighted by Crippen LogP contribution is -2.25. The molecular formula is C13H17IO3. The molecule has 0 amide bonds. The molecule has 1 N–H and O–H groups in total. The third-order valence-electron chi connectivity index (χ3n) is 2.86. The molecule has 4 heteroatoms. The Hall–Kier alpha value is -0.330. The minimum Gasteiger partial charge on any atom is -0.464 e. The Kier molecular flexibility index (Phi) is 4.64. The van der Waals surface area contributed by atoms with Gasteiger partial charge in [0.1, 0.15) is 5.75 Å². The van der Waals surface area contributed by atoms with E-state index in [1.54, 1.807) is 0 Å². The second-order valence-corrected chi connectivity index (χ2v) is 5.46. The van der Waals surface area contributed by atoms with Crippen molar-refractivity contribution in [3.8, 4) is 5.75 Å². The summed E-state index contributed by atoms with van der Waals surface area (Å²) >= 11 is 2.24. The quantitative estimate of drug-likeness (QED) is 0.854. The van der Waals surface area contributed by atoms with Crippen LogP contribution in [0.3, 0.4) is 0 Å². The highest BCUT2D eigenvalue weighted by atomic mass is 127. The highest BCUT2D eigenvalue weighted by molar-refractivity contribution is 14.1. The van der Waals surface area contributed by atoms with Crippen molar-refractivity contribution in [2.75, 3.05) is 6.61 Å². The second kappa shape index (κ2) is 6.02. The Labute approximate surface area is 115 Å². The monoisotopic (exact) mass is 348 g/mol. The van der Waals surface area contributed by atoms with Crippen molar-refractivity contribution in [2.24, 2.45) is 0 Å². The summed E-state index contributed by atoms with van der Waals surface area (Å²) in [6, 6.07) is 3.91. The van der Waals surface area contributed by atoms with Crippen LogP contribution >= 0.6 is 22.6 Å². The Morgan fingerprint density at radius 3 is 2.88 bits per heavy atom. The van der Waals surface area contributed by atoms with E-state index in [9.17, 15) is 0 Å². The Balaban J connectivity index is 2.14. The van der Waals surface area contributed by atoms with Gasteiger partial charge in [-0.1, -0.05) is 6.07 Å². The summed E-state index contributed by atoms with van der Waals surface area (Å²) in [5, 5.41) is 9.13. The molecule has 1 fully saturated rings. The zero-order valence-corrected chi connectivity index (χ0v) is 12.1. The van der Waals surface area contributed by atoms with E-state index in [1.807, 2.05) is 19.1 Å². The molecule has 0 bridgehead atoms. The molecule has 1 aromatic carbocycles. The van der Waals surface area contributed by atoms with Crippen molar-refractivity contribution >= 4 is 22.6 Å². The fraction of sp³-hybridized carbons (Fsp3) is 0.538. The summed E-state index contributed by atoms with van der Waals surface area (Å²) in [4.78, 5) is 0. The summed E-state index contributed by atoms with van der Waals surface area (Å²) in [6.45, 7) is 2.85. The number of hydrogen-bond acceptors (Lipinski definition) is 3. The average Bonchev–Trinajstić information content (AvgIpc) is 2.35. The Morgan fingerprint density at radius 2 is 2.29 bits per heavy atom. The van der Waals surface area contributed by atoms with E-state index in [1.165, 1.54) is 0 Å². The standard InChI is InChI=1S/C13H17IO3/c1-9-6-10(8-15)7-11(14)13(9)17-12-4-2-3-5-16-12/h6-7,12,15H,2-5,8H2,1H3. The number of halogens is 1. The van der Waals surface area contributed by atoms with Gasteiger partial charge >= 0.3 is 0 Å². The Bertz CT molecular complexity index is 363. The molecule has 0 spiro atoms. The molecule has 1 aliphatic heterocycles. The molecule has 1 heterocycles. The molecule has 0 saturated carbocycles. The fourth-order valence-corrected chi connectivity index (χ4v) is 2.93. The molecule has 1 aromatic rings. The molecule has 1 unspecified atom stereocenters. The van der Waals surface area contributed by atoms with Gasteiger partial charge in [-0.25, -0.2) is 0 Å². The third-order valence-corrected chi connectivity index (χ3v) is 3.66. The van der Waals surface area contributed by atoms with Crippen LogP contribution in [0.2, 0.25) is 0 Å². The molecule has 17 heavy (non-hydrogen) atoms. The topological polar surface area (TPSA) is 38.7 Å². The highest BCUT2D eigenvalue weighted by Gasteiger charge is 2.18. The molecule has 2 rings (SSSR count). The number of aliphatic hydroxyl groups excluding tert-OH is 1. The van der Waals surface area contributed by atoms with Crippen LogP contribution in [-0.4, -0.2) is 18.0 Å². The minimum atomic E-state index is -0.115.